The van der Waals surface area contributed by atoms with Crippen LogP contribution < -0.4 is 5.32 Å². The topological polar surface area (TPSA) is 44.8 Å². The molecule has 1 N–H and O–H groups in total. The Morgan fingerprint density at radius 3 is 2.42 bits per heavy atom. The van der Waals surface area contributed by atoms with Gasteiger partial charge in [0, 0.05) is 32.7 Å². The van der Waals surface area contributed by atoms with E-state index >= 15 is 0 Å². The van der Waals surface area contributed by atoms with Gasteiger partial charge in [-0.1, -0.05) is 27.7 Å². The molecule has 2 amide bonds. The van der Waals surface area contributed by atoms with E-state index in [-0.39, 0.29) is 6.03 Å². The molecule has 1 unspecified atom stereocenters. The number of carbonyl (C=O) groups is 1. The maximum atomic E-state index is 11.7. The van der Waals surface area contributed by atoms with Crippen LogP contribution in [0.15, 0.2) is 0 Å². The van der Waals surface area contributed by atoms with Crippen LogP contribution in [0.4, 0.5) is 4.79 Å². The van der Waals surface area contributed by atoms with E-state index in [0.29, 0.717) is 12.0 Å². The summed E-state index contributed by atoms with van der Waals surface area (Å²) in [6.45, 7) is 14.6. The maximum absolute atomic E-state index is 11.7. The van der Waals surface area contributed by atoms with Crippen LogP contribution >= 0.6 is 0 Å². The number of carbonyl (C=O) groups excluding carboxylic acids is 1. The minimum Gasteiger partial charge on any atom is -0.379 e. The van der Waals surface area contributed by atoms with Crippen molar-refractivity contribution in [3.8, 4) is 0 Å². The van der Waals surface area contributed by atoms with Crippen LogP contribution in [0.5, 0.6) is 0 Å². The molecule has 19 heavy (non-hydrogen) atoms. The Kier molecular flexibility index (Phi) is 7.16. The number of urea groups is 1. The van der Waals surface area contributed by atoms with Crippen LogP contribution in [0.3, 0.4) is 0 Å². The first-order valence-electron chi connectivity index (χ1n) is 7.52. The highest BCUT2D eigenvalue weighted by Crippen LogP contribution is 2.11. The summed E-state index contributed by atoms with van der Waals surface area (Å²) in [7, 11) is 0. The molecule has 2 heterocycles. The molecule has 0 aromatic carbocycles. The SMILES string of the molecule is CC.CC(C)C1CN(CCN2CCOCC2)C(=O)N1. The average molecular weight is 271 g/mol. The van der Waals surface area contributed by atoms with Crippen molar-refractivity contribution in [3.05, 3.63) is 0 Å². The number of ether oxygens (including phenoxy) is 1. The van der Waals surface area contributed by atoms with Crippen molar-refractivity contribution in [2.45, 2.75) is 33.7 Å². The van der Waals surface area contributed by atoms with Crippen LogP contribution in [0.1, 0.15) is 27.7 Å². The molecule has 2 saturated heterocycles. The lowest BCUT2D eigenvalue weighted by Gasteiger charge is -2.28. The van der Waals surface area contributed by atoms with Gasteiger partial charge in [-0.05, 0) is 5.92 Å². The third-order valence-corrected chi connectivity index (χ3v) is 3.61. The molecule has 1 atom stereocenters. The third kappa shape index (κ3) is 4.99. The molecule has 0 aromatic heterocycles. The standard InChI is InChI=1S/C12H23N3O2.C2H6/c1-10(2)11-9-15(12(16)13-11)4-3-14-5-7-17-8-6-14;1-2/h10-11H,3-9H2,1-2H3,(H,13,16);1-2H3. The predicted molar refractivity (Wildman–Crippen MR) is 77.3 cm³/mol. The van der Waals surface area contributed by atoms with E-state index in [2.05, 4.69) is 24.1 Å². The smallest absolute Gasteiger partial charge is 0.317 e. The van der Waals surface area contributed by atoms with Crippen LogP contribution in [0.2, 0.25) is 0 Å². The summed E-state index contributed by atoms with van der Waals surface area (Å²) in [6, 6.07) is 0.407. The molecule has 2 fully saturated rings. The van der Waals surface area contributed by atoms with Gasteiger partial charge in [0.25, 0.3) is 0 Å². The Hall–Kier alpha value is -0.810. The van der Waals surface area contributed by atoms with Crippen molar-refractivity contribution < 1.29 is 9.53 Å². The lowest BCUT2D eigenvalue weighted by molar-refractivity contribution is 0.0354. The summed E-state index contributed by atoms with van der Waals surface area (Å²) in [5.41, 5.74) is 0. The van der Waals surface area contributed by atoms with Crippen molar-refractivity contribution in [3.63, 3.8) is 0 Å². The zero-order chi connectivity index (χ0) is 14.3. The van der Waals surface area contributed by atoms with Gasteiger partial charge >= 0.3 is 6.03 Å². The minimum atomic E-state index is 0.0944. The fourth-order valence-electron chi connectivity index (χ4n) is 2.27. The average Bonchev–Trinajstić information content (AvgIpc) is 2.82. The summed E-state index contributed by atoms with van der Waals surface area (Å²) >= 11 is 0. The predicted octanol–water partition coefficient (Wildman–Crippen LogP) is 1.39. The summed E-state index contributed by atoms with van der Waals surface area (Å²) < 4.78 is 5.31. The number of rotatable bonds is 4. The number of hydrogen-bond acceptors (Lipinski definition) is 3. The second-order valence-corrected chi connectivity index (χ2v) is 5.20. The first-order chi connectivity index (χ1) is 9.16. The first kappa shape index (κ1) is 16.2. The van der Waals surface area contributed by atoms with E-state index in [0.717, 1.165) is 45.9 Å². The normalized spacial score (nSPS) is 24.2. The van der Waals surface area contributed by atoms with Crippen LogP contribution in [0.25, 0.3) is 0 Å². The molecule has 5 nitrogen and oxygen atoms in total. The molecule has 2 aliphatic heterocycles. The maximum Gasteiger partial charge on any atom is 0.317 e. The number of nitrogens with zero attached hydrogens (tertiary/aromatic N) is 2. The quantitative estimate of drug-likeness (QED) is 0.840. The van der Waals surface area contributed by atoms with Gasteiger partial charge in [-0.2, -0.15) is 0 Å². The Morgan fingerprint density at radius 2 is 1.89 bits per heavy atom. The molecule has 0 aliphatic carbocycles. The van der Waals surface area contributed by atoms with E-state index in [4.69, 9.17) is 4.74 Å². The molecule has 0 spiro atoms. The molecule has 0 saturated carbocycles. The van der Waals surface area contributed by atoms with E-state index in [9.17, 15) is 4.79 Å². The van der Waals surface area contributed by atoms with E-state index < -0.39 is 0 Å². The van der Waals surface area contributed by atoms with Crippen molar-refractivity contribution in [2.24, 2.45) is 5.92 Å². The molecule has 0 aromatic rings. The fourth-order valence-corrected chi connectivity index (χ4v) is 2.27. The fraction of sp³-hybridized carbons (Fsp3) is 0.929. The van der Waals surface area contributed by atoms with E-state index in [1.807, 2.05) is 18.7 Å². The Morgan fingerprint density at radius 1 is 1.26 bits per heavy atom. The minimum absolute atomic E-state index is 0.0944. The summed E-state index contributed by atoms with van der Waals surface area (Å²) in [5.74, 6) is 0.507. The molecule has 112 valence electrons. The van der Waals surface area contributed by atoms with Gasteiger partial charge in [-0.3, -0.25) is 4.90 Å². The molecule has 0 bridgehead atoms. The lowest BCUT2D eigenvalue weighted by Crippen LogP contribution is -2.42. The van der Waals surface area contributed by atoms with Crippen molar-refractivity contribution in [2.75, 3.05) is 45.9 Å². The molecule has 5 heteroatoms. The molecular formula is C14H29N3O2. The highest BCUT2D eigenvalue weighted by atomic mass is 16.5. The first-order valence-corrected chi connectivity index (χ1v) is 7.52. The summed E-state index contributed by atoms with van der Waals surface area (Å²) in [6.07, 6.45) is 0. The summed E-state index contributed by atoms with van der Waals surface area (Å²) in [4.78, 5) is 16.0. The van der Waals surface area contributed by atoms with Gasteiger partial charge < -0.3 is 15.0 Å². The molecule has 0 radical (unpaired) electrons. The van der Waals surface area contributed by atoms with E-state index in [1.54, 1.807) is 0 Å². The molecule has 2 rings (SSSR count). The van der Waals surface area contributed by atoms with Gasteiger partial charge in [0.15, 0.2) is 0 Å². The number of amides is 2. The monoisotopic (exact) mass is 271 g/mol. The van der Waals surface area contributed by atoms with Gasteiger partial charge in [0.1, 0.15) is 0 Å². The van der Waals surface area contributed by atoms with Crippen molar-refractivity contribution in [1.82, 2.24) is 15.1 Å². The zero-order valence-corrected chi connectivity index (χ0v) is 12.8. The largest absolute Gasteiger partial charge is 0.379 e. The van der Waals surface area contributed by atoms with Gasteiger partial charge in [0.2, 0.25) is 0 Å². The van der Waals surface area contributed by atoms with Crippen molar-refractivity contribution >= 4 is 6.03 Å². The van der Waals surface area contributed by atoms with Crippen LogP contribution in [-0.4, -0.2) is 67.8 Å². The van der Waals surface area contributed by atoms with Gasteiger partial charge in [-0.25, -0.2) is 4.79 Å². The Bertz CT molecular complexity index is 265. The van der Waals surface area contributed by atoms with Crippen LogP contribution in [-0.2, 0) is 4.74 Å². The Labute approximate surface area is 117 Å². The van der Waals surface area contributed by atoms with Crippen LogP contribution in [0, 0.1) is 5.92 Å². The van der Waals surface area contributed by atoms with Gasteiger partial charge in [0.05, 0.1) is 19.3 Å². The zero-order valence-electron chi connectivity index (χ0n) is 12.8. The Balaban J connectivity index is 0.000000861. The van der Waals surface area contributed by atoms with Crippen molar-refractivity contribution in [1.29, 1.82) is 0 Å². The lowest BCUT2D eigenvalue weighted by atomic mass is 10.1. The van der Waals surface area contributed by atoms with Gasteiger partial charge in [-0.15, -0.1) is 0 Å². The van der Waals surface area contributed by atoms with E-state index in [1.165, 1.54) is 0 Å². The highest BCUT2D eigenvalue weighted by molar-refractivity contribution is 5.76. The molecular weight excluding hydrogens is 242 g/mol. The number of morpholine rings is 1. The summed E-state index contributed by atoms with van der Waals surface area (Å²) in [5, 5.41) is 3.03. The second kappa shape index (κ2) is 8.38. The second-order valence-electron chi connectivity index (χ2n) is 5.20. The number of hydrogen-bond donors (Lipinski definition) is 1. The third-order valence-electron chi connectivity index (χ3n) is 3.61. The number of nitrogens with one attached hydrogen (secondary N) is 1. The molecule has 2 aliphatic rings. The highest BCUT2D eigenvalue weighted by Gasteiger charge is 2.30.